The van der Waals surface area contributed by atoms with Gasteiger partial charge in [-0.3, -0.25) is 4.79 Å². The summed E-state index contributed by atoms with van der Waals surface area (Å²) in [5, 5.41) is 4.82. The number of thiophene rings is 1. The second-order valence-electron chi connectivity index (χ2n) is 4.20. The number of amides is 1. The quantitative estimate of drug-likeness (QED) is 0.602. The molecule has 2 aromatic heterocycles. The molecule has 108 valence electrons. The van der Waals surface area contributed by atoms with Crippen LogP contribution >= 0.6 is 23.1 Å². The van der Waals surface area contributed by atoms with Gasteiger partial charge in [0.15, 0.2) is 0 Å². The summed E-state index contributed by atoms with van der Waals surface area (Å²) in [6, 6.07) is 2.15. The predicted molar refractivity (Wildman–Crippen MR) is 84.2 cm³/mol. The molecule has 0 aliphatic rings. The second-order valence-corrected chi connectivity index (χ2v) is 6.40. The highest BCUT2D eigenvalue weighted by Gasteiger charge is 2.09. The normalized spacial score (nSPS) is 10.9. The molecule has 0 atom stereocenters. The molecule has 0 saturated carbocycles. The number of thioether (sulfide) groups is 1. The van der Waals surface area contributed by atoms with Gasteiger partial charge in [-0.2, -0.15) is 0 Å². The first kappa shape index (κ1) is 15.2. The molecule has 5 nitrogen and oxygen atoms in total. The summed E-state index contributed by atoms with van der Waals surface area (Å²) in [7, 11) is 0. The van der Waals surface area contributed by atoms with Crippen LogP contribution in [0.15, 0.2) is 17.4 Å². The van der Waals surface area contributed by atoms with Gasteiger partial charge in [-0.25, -0.2) is 9.97 Å². The molecule has 0 aliphatic carbocycles. The van der Waals surface area contributed by atoms with Gasteiger partial charge in [0.1, 0.15) is 16.2 Å². The zero-order chi connectivity index (χ0) is 14.4. The van der Waals surface area contributed by atoms with E-state index in [4.69, 9.17) is 5.73 Å². The van der Waals surface area contributed by atoms with Gasteiger partial charge >= 0.3 is 0 Å². The van der Waals surface area contributed by atoms with Crippen LogP contribution in [-0.4, -0.2) is 34.7 Å². The Morgan fingerprint density at radius 2 is 2.35 bits per heavy atom. The number of fused-ring (bicyclic) bond motifs is 1. The van der Waals surface area contributed by atoms with E-state index in [0.29, 0.717) is 25.3 Å². The smallest absolute Gasteiger partial charge is 0.220 e. The molecular weight excluding hydrogens is 292 g/mol. The molecule has 0 aromatic carbocycles. The summed E-state index contributed by atoms with van der Waals surface area (Å²) in [6.45, 7) is 3.14. The van der Waals surface area contributed by atoms with E-state index < -0.39 is 0 Å². The fourth-order valence-electron chi connectivity index (χ4n) is 1.71. The Bertz CT molecular complexity index is 585. The highest BCUT2D eigenvalue weighted by atomic mass is 32.2. The van der Waals surface area contributed by atoms with Crippen LogP contribution in [0.4, 0.5) is 0 Å². The summed E-state index contributed by atoms with van der Waals surface area (Å²) < 4.78 is 0. The van der Waals surface area contributed by atoms with Crippen molar-refractivity contribution in [2.75, 3.05) is 18.8 Å². The van der Waals surface area contributed by atoms with Gasteiger partial charge in [0.2, 0.25) is 5.91 Å². The zero-order valence-electron chi connectivity index (χ0n) is 11.4. The molecule has 20 heavy (non-hydrogen) atoms. The second kappa shape index (κ2) is 7.56. The molecule has 3 N–H and O–H groups in total. The summed E-state index contributed by atoms with van der Waals surface area (Å²) in [6.07, 6.45) is 3.07. The number of aryl methyl sites for hydroxylation is 1. The highest BCUT2D eigenvalue weighted by Crippen LogP contribution is 2.31. The van der Waals surface area contributed by atoms with Crippen LogP contribution in [0.3, 0.4) is 0 Å². The first-order chi connectivity index (χ1) is 9.74. The molecule has 0 unspecified atom stereocenters. The number of hydrogen-bond donors (Lipinski definition) is 2. The highest BCUT2D eigenvalue weighted by molar-refractivity contribution is 7.99. The van der Waals surface area contributed by atoms with Gasteiger partial charge in [-0.15, -0.1) is 23.1 Å². The van der Waals surface area contributed by atoms with Crippen LogP contribution in [0.1, 0.15) is 18.2 Å². The summed E-state index contributed by atoms with van der Waals surface area (Å²) >= 11 is 3.30. The van der Waals surface area contributed by atoms with Crippen LogP contribution in [0, 0.1) is 0 Å². The number of hydrogen-bond acceptors (Lipinski definition) is 6. The molecular formula is C13H18N4OS2. The van der Waals surface area contributed by atoms with E-state index in [-0.39, 0.29) is 5.91 Å². The molecule has 2 rings (SSSR count). The van der Waals surface area contributed by atoms with Gasteiger partial charge in [0.05, 0.1) is 0 Å². The molecule has 7 heteroatoms. The van der Waals surface area contributed by atoms with Crippen molar-refractivity contribution in [3.8, 4) is 0 Å². The van der Waals surface area contributed by atoms with Gasteiger partial charge in [-0.1, -0.05) is 6.92 Å². The molecule has 0 bridgehead atoms. The third-order valence-electron chi connectivity index (χ3n) is 2.73. The summed E-state index contributed by atoms with van der Waals surface area (Å²) in [5.74, 6) is 0.743. The third-order valence-corrected chi connectivity index (χ3v) is 4.92. The summed E-state index contributed by atoms with van der Waals surface area (Å²) in [5.41, 5.74) is 5.34. The molecule has 0 spiro atoms. The Hall–Kier alpha value is -1.18. The predicted octanol–water partition coefficient (Wildman–Crippen LogP) is 1.81. The molecule has 0 radical (unpaired) electrons. The first-order valence-electron chi connectivity index (χ1n) is 6.57. The summed E-state index contributed by atoms with van der Waals surface area (Å²) in [4.78, 5) is 22.4. The molecule has 0 aliphatic heterocycles. The standard InChI is InChI=1S/C13H18N4OS2/c1-2-9-7-10-12(16-8-17-13(10)20-9)19-6-3-11(18)15-5-4-14/h7-8H,2-6,14H2,1H3,(H,15,18). The Morgan fingerprint density at radius 1 is 1.50 bits per heavy atom. The van der Waals surface area contributed by atoms with E-state index in [0.717, 1.165) is 21.7 Å². The van der Waals surface area contributed by atoms with Crippen LogP contribution in [0.2, 0.25) is 0 Å². The number of aromatic nitrogens is 2. The van der Waals surface area contributed by atoms with Gasteiger partial charge in [0.25, 0.3) is 0 Å². The number of carbonyl (C=O) groups is 1. The van der Waals surface area contributed by atoms with E-state index in [1.807, 2.05) is 0 Å². The fraction of sp³-hybridized carbons (Fsp3) is 0.462. The molecule has 2 heterocycles. The lowest BCUT2D eigenvalue weighted by molar-refractivity contribution is -0.120. The maximum Gasteiger partial charge on any atom is 0.220 e. The van der Waals surface area contributed by atoms with Gasteiger partial charge in [-0.05, 0) is 12.5 Å². The van der Waals surface area contributed by atoms with E-state index in [1.54, 1.807) is 29.4 Å². The van der Waals surface area contributed by atoms with Crippen molar-refractivity contribution in [3.63, 3.8) is 0 Å². The molecule has 1 amide bonds. The van der Waals surface area contributed by atoms with Gasteiger partial charge in [0, 0.05) is 35.5 Å². The van der Waals surface area contributed by atoms with E-state index in [2.05, 4.69) is 28.3 Å². The lowest BCUT2D eigenvalue weighted by atomic mass is 10.3. The Morgan fingerprint density at radius 3 is 3.10 bits per heavy atom. The van der Waals surface area contributed by atoms with Crippen LogP contribution in [-0.2, 0) is 11.2 Å². The fourth-order valence-corrected chi connectivity index (χ4v) is 3.63. The lowest BCUT2D eigenvalue weighted by Gasteiger charge is -2.03. The minimum Gasteiger partial charge on any atom is -0.355 e. The van der Waals surface area contributed by atoms with Crippen molar-refractivity contribution >= 4 is 39.2 Å². The van der Waals surface area contributed by atoms with Crippen molar-refractivity contribution in [2.24, 2.45) is 5.73 Å². The van der Waals surface area contributed by atoms with Crippen molar-refractivity contribution in [3.05, 3.63) is 17.3 Å². The van der Waals surface area contributed by atoms with E-state index >= 15 is 0 Å². The topological polar surface area (TPSA) is 80.9 Å². The number of nitrogens with two attached hydrogens (primary N) is 1. The van der Waals surface area contributed by atoms with Crippen LogP contribution in [0.25, 0.3) is 10.2 Å². The SMILES string of the molecule is CCc1cc2c(SCCC(=O)NCCN)ncnc2s1. The number of carbonyl (C=O) groups excluding carboxylic acids is 1. The molecule has 2 aromatic rings. The number of nitrogens with zero attached hydrogens (tertiary/aromatic N) is 2. The first-order valence-corrected chi connectivity index (χ1v) is 8.37. The lowest BCUT2D eigenvalue weighted by Crippen LogP contribution is -2.29. The Balaban J connectivity index is 1.96. The maximum atomic E-state index is 11.5. The van der Waals surface area contributed by atoms with Crippen molar-refractivity contribution in [1.82, 2.24) is 15.3 Å². The molecule has 0 saturated heterocycles. The van der Waals surface area contributed by atoms with Crippen molar-refractivity contribution in [1.29, 1.82) is 0 Å². The maximum absolute atomic E-state index is 11.5. The number of nitrogens with one attached hydrogen (secondary N) is 1. The van der Waals surface area contributed by atoms with Gasteiger partial charge < -0.3 is 11.1 Å². The average Bonchev–Trinajstić information content (AvgIpc) is 2.89. The minimum absolute atomic E-state index is 0.0350. The minimum atomic E-state index is 0.0350. The van der Waals surface area contributed by atoms with Crippen molar-refractivity contribution < 1.29 is 4.79 Å². The Labute approximate surface area is 126 Å². The Kier molecular flexibility index (Phi) is 5.75. The van der Waals surface area contributed by atoms with Crippen LogP contribution < -0.4 is 11.1 Å². The van der Waals surface area contributed by atoms with E-state index in [9.17, 15) is 4.79 Å². The largest absolute Gasteiger partial charge is 0.355 e. The van der Waals surface area contributed by atoms with Crippen molar-refractivity contribution in [2.45, 2.75) is 24.8 Å². The third kappa shape index (κ3) is 3.91. The zero-order valence-corrected chi connectivity index (χ0v) is 13.0. The monoisotopic (exact) mass is 310 g/mol. The average molecular weight is 310 g/mol. The number of rotatable bonds is 7. The van der Waals surface area contributed by atoms with Crippen LogP contribution in [0.5, 0.6) is 0 Å². The van der Waals surface area contributed by atoms with E-state index in [1.165, 1.54) is 4.88 Å². The molecule has 0 fully saturated rings.